The molecular weight excluding hydrogens is 278 g/mol. The van der Waals surface area contributed by atoms with Crippen LogP contribution >= 0.6 is 0 Å². The third-order valence-electron chi connectivity index (χ3n) is 2.94. The van der Waals surface area contributed by atoms with Gasteiger partial charge >= 0.3 is 0 Å². The maximum Gasteiger partial charge on any atom is 0.274 e. The molecule has 0 amide bonds. The zero-order chi connectivity index (χ0) is 14.6. The molecule has 1 aromatic heterocycles. The largest absolute Gasteiger partial charge is 0.440 e. The summed E-state index contributed by atoms with van der Waals surface area (Å²) in [6.45, 7) is 2.19. The first-order chi connectivity index (χ1) is 9.56. The van der Waals surface area contributed by atoms with Gasteiger partial charge in [-0.25, -0.2) is 13.1 Å². The molecule has 0 radical (unpaired) electrons. The van der Waals surface area contributed by atoms with Crippen molar-refractivity contribution in [2.24, 2.45) is 0 Å². The minimum atomic E-state index is -3.75. The van der Waals surface area contributed by atoms with Crippen molar-refractivity contribution in [3.05, 3.63) is 53.3 Å². The zero-order valence-electron chi connectivity index (χ0n) is 11.0. The number of aldehydes is 1. The molecule has 6 heteroatoms. The van der Waals surface area contributed by atoms with Gasteiger partial charge in [0.2, 0.25) is 5.09 Å². The number of sulfonamides is 1. The molecule has 20 heavy (non-hydrogen) atoms. The van der Waals surface area contributed by atoms with E-state index in [1.165, 1.54) is 12.1 Å². The molecule has 106 valence electrons. The topological polar surface area (TPSA) is 76.4 Å². The van der Waals surface area contributed by atoms with Crippen LogP contribution in [0.4, 0.5) is 0 Å². The first-order valence-electron chi connectivity index (χ1n) is 6.18. The fourth-order valence-electron chi connectivity index (χ4n) is 1.86. The van der Waals surface area contributed by atoms with E-state index in [4.69, 9.17) is 4.42 Å². The number of aryl methyl sites for hydroxylation is 1. The van der Waals surface area contributed by atoms with E-state index in [1.807, 2.05) is 31.2 Å². The summed E-state index contributed by atoms with van der Waals surface area (Å²) in [5.74, 6) is -0.0145. The summed E-state index contributed by atoms with van der Waals surface area (Å²) in [7, 11) is -3.75. The number of carbonyl (C=O) groups excluding carboxylic acids is 1. The highest BCUT2D eigenvalue weighted by molar-refractivity contribution is 7.89. The van der Waals surface area contributed by atoms with Crippen molar-refractivity contribution in [2.75, 3.05) is 0 Å². The van der Waals surface area contributed by atoms with Gasteiger partial charge in [-0.1, -0.05) is 31.2 Å². The predicted octanol–water partition coefficient (Wildman–Crippen LogP) is 2.13. The van der Waals surface area contributed by atoms with Gasteiger partial charge in [0.15, 0.2) is 12.0 Å². The van der Waals surface area contributed by atoms with Crippen LogP contribution in [0.3, 0.4) is 0 Å². The molecule has 1 N–H and O–H groups in total. The summed E-state index contributed by atoms with van der Waals surface area (Å²) in [4.78, 5) is 10.5. The highest BCUT2D eigenvalue weighted by atomic mass is 32.2. The molecule has 0 atom stereocenters. The summed E-state index contributed by atoms with van der Waals surface area (Å²) in [5.41, 5.74) is 2.00. The van der Waals surface area contributed by atoms with Crippen molar-refractivity contribution in [2.45, 2.75) is 25.0 Å². The smallest absolute Gasteiger partial charge is 0.274 e. The molecule has 0 fully saturated rings. The molecule has 0 aliphatic carbocycles. The second-order valence-corrected chi connectivity index (χ2v) is 5.92. The molecule has 0 aliphatic heterocycles. The number of carbonyl (C=O) groups is 1. The van der Waals surface area contributed by atoms with Crippen LogP contribution in [0, 0.1) is 0 Å². The summed E-state index contributed by atoms with van der Waals surface area (Å²) >= 11 is 0. The average Bonchev–Trinajstić information content (AvgIpc) is 2.95. The summed E-state index contributed by atoms with van der Waals surface area (Å²) in [6, 6.07) is 10.2. The Kier molecular flexibility index (Phi) is 4.36. The summed E-state index contributed by atoms with van der Waals surface area (Å²) in [5, 5.41) is -0.256. The van der Waals surface area contributed by atoms with Crippen LogP contribution in [-0.4, -0.2) is 14.7 Å². The van der Waals surface area contributed by atoms with E-state index in [0.717, 1.165) is 17.5 Å². The Morgan fingerprint density at radius 2 is 1.85 bits per heavy atom. The van der Waals surface area contributed by atoms with Gasteiger partial charge < -0.3 is 4.42 Å². The lowest BCUT2D eigenvalue weighted by Crippen LogP contribution is -2.23. The second-order valence-electron chi connectivity index (χ2n) is 4.22. The summed E-state index contributed by atoms with van der Waals surface area (Å²) < 4.78 is 31.4. The average molecular weight is 293 g/mol. The molecule has 0 spiro atoms. The van der Waals surface area contributed by atoms with Crippen molar-refractivity contribution >= 4 is 16.3 Å². The lowest BCUT2D eigenvalue weighted by molar-refractivity contribution is 0.109. The maximum atomic E-state index is 12.0. The number of furan rings is 1. The van der Waals surface area contributed by atoms with E-state index < -0.39 is 10.0 Å². The van der Waals surface area contributed by atoms with Crippen molar-refractivity contribution in [3.63, 3.8) is 0 Å². The molecule has 0 saturated carbocycles. The number of rotatable bonds is 6. The molecule has 0 unspecified atom stereocenters. The van der Waals surface area contributed by atoms with Crippen molar-refractivity contribution in [1.29, 1.82) is 0 Å². The van der Waals surface area contributed by atoms with Gasteiger partial charge in [-0.2, -0.15) is 0 Å². The predicted molar refractivity (Wildman–Crippen MR) is 73.9 cm³/mol. The minimum Gasteiger partial charge on any atom is -0.440 e. The van der Waals surface area contributed by atoms with E-state index in [1.54, 1.807) is 0 Å². The Balaban J connectivity index is 2.15. The van der Waals surface area contributed by atoms with Gasteiger partial charge in [0.05, 0.1) is 0 Å². The third kappa shape index (κ3) is 3.15. The standard InChI is InChI=1S/C14H15NO4S/c1-2-11-5-3-4-6-12(11)9-15-20(17,18)14-8-7-13(10-16)19-14/h3-8,10,15H,2,9H2,1H3. The lowest BCUT2D eigenvalue weighted by Gasteiger charge is -2.08. The van der Waals surface area contributed by atoms with Crippen LogP contribution in [0.15, 0.2) is 45.9 Å². The molecule has 0 saturated heterocycles. The molecule has 5 nitrogen and oxygen atoms in total. The number of hydrogen-bond acceptors (Lipinski definition) is 4. The molecule has 1 heterocycles. The molecule has 1 aromatic carbocycles. The van der Waals surface area contributed by atoms with Crippen LogP contribution in [0.2, 0.25) is 0 Å². The Morgan fingerprint density at radius 3 is 2.45 bits per heavy atom. The van der Waals surface area contributed by atoms with Crippen LogP contribution in [-0.2, 0) is 23.0 Å². The quantitative estimate of drug-likeness (QED) is 0.828. The van der Waals surface area contributed by atoms with Gasteiger partial charge in [0, 0.05) is 6.54 Å². The van der Waals surface area contributed by atoms with Gasteiger partial charge in [0.1, 0.15) is 0 Å². The van der Waals surface area contributed by atoms with E-state index in [9.17, 15) is 13.2 Å². The monoisotopic (exact) mass is 293 g/mol. The van der Waals surface area contributed by atoms with E-state index in [-0.39, 0.29) is 17.4 Å². The SMILES string of the molecule is CCc1ccccc1CNS(=O)(=O)c1ccc(C=O)o1. The zero-order valence-corrected chi connectivity index (χ0v) is 11.8. The van der Waals surface area contributed by atoms with E-state index in [2.05, 4.69) is 4.72 Å². The first kappa shape index (κ1) is 14.5. The van der Waals surface area contributed by atoms with Gasteiger partial charge in [-0.15, -0.1) is 0 Å². The number of benzene rings is 1. The number of hydrogen-bond donors (Lipinski definition) is 1. The Bertz CT molecular complexity index is 703. The number of nitrogens with one attached hydrogen (secondary N) is 1. The van der Waals surface area contributed by atoms with Crippen LogP contribution in [0.5, 0.6) is 0 Å². The fourth-order valence-corrected chi connectivity index (χ4v) is 2.80. The molecule has 2 rings (SSSR count). The lowest BCUT2D eigenvalue weighted by atomic mass is 10.1. The molecule has 0 bridgehead atoms. The fraction of sp³-hybridized carbons (Fsp3) is 0.214. The minimum absolute atomic E-state index is 0.0145. The highest BCUT2D eigenvalue weighted by Gasteiger charge is 2.18. The normalized spacial score (nSPS) is 11.4. The van der Waals surface area contributed by atoms with E-state index in [0.29, 0.717) is 6.29 Å². The Labute approximate surface area is 117 Å². The van der Waals surface area contributed by atoms with Crippen molar-refractivity contribution < 1.29 is 17.6 Å². The molecule has 2 aromatic rings. The molecule has 0 aliphatic rings. The maximum absolute atomic E-state index is 12.0. The van der Waals surface area contributed by atoms with Gasteiger partial charge in [-0.05, 0) is 29.7 Å². The highest BCUT2D eigenvalue weighted by Crippen LogP contribution is 2.14. The van der Waals surface area contributed by atoms with Crippen molar-refractivity contribution in [3.8, 4) is 0 Å². The third-order valence-corrected chi connectivity index (χ3v) is 4.21. The van der Waals surface area contributed by atoms with Gasteiger partial charge in [-0.3, -0.25) is 4.79 Å². The summed E-state index contributed by atoms with van der Waals surface area (Å²) in [6.07, 6.45) is 1.29. The molecular formula is C14H15NO4S. The van der Waals surface area contributed by atoms with Crippen LogP contribution < -0.4 is 4.72 Å². The van der Waals surface area contributed by atoms with Gasteiger partial charge in [0.25, 0.3) is 10.0 Å². The second kappa shape index (κ2) is 6.02. The van der Waals surface area contributed by atoms with E-state index >= 15 is 0 Å². The first-order valence-corrected chi connectivity index (χ1v) is 7.66. The Morgan fingerprint density at radius 1 is 1.15 bits per heavy atom. The van der Waals surface area contributed by atoms with Crippen molar-refractivity contribution in [1.82, 2.24) is 4.72 Å². The Hall–Kier alpha value is -1.92. The van der Waals surface area contributed by atoms with Crippen LogP contribution in [0.25, 0.3) is 0 Å². The van der Waals surface area contributed by atoms with Crippen LogP contribution in [0.1, 0.15) is 28.6 Å².